The Morgan fingerprint density at radius 3 is 1.23 bits per heavy atom. The summed E-state index contributed by atoms with van der Waals surface area (Å²) in [6.07, 6.45) is 0. The van der Waals surface area contributed by atoms with Crippen molar-refractivity contribution < 1.29 is 0 Å². The van der Waals surface area contributed by atoms with E-state index >= 15 is 0 Å². The fraction of sp³-hybridized carbons (Fsp3) is 0. The van der Waals surface area contributed by atoms with Crippen molar-refractivity contribution >= 4 is 111 Å². The van der Waals surface area contributed by atoms with Gasteiger partial charge in [-0.2, -0.15) is 0 Å². The van der Waals surface area contributed by atoms with E-state index in [-0.39, 0.29) is 0 Å². The van der Waals surface area contributed by atoms with E-state index < -0.39 is 0 Å². The first-order chi connectivity index (χ1) is 10.4. The minimum absolute atomic E-state index is 0.360. The quantitative estimate of drug-likeness (QED) is 0.233. The van der Waals surface area contributed by atoms with E-state index in [9.17, 15) is 0 Å². The van der Waals surface area contributed by atoms with Crippen molar-refractivity contribution in [2.45, 2.75) is 9.79 Å². The topological polar surface area (TPSA) is 0 Å². The summed E-state index contributed by atoms with van der Waals surface area (Å²) in [7, 11) is 6.02. The molecule has 118 valence electrons. The van der Waals surface area contributed by atoms with Crippen LogP contribution in [0.25, 0.3) is 0 Å². The molecular formula is C12H4Cl6S4. The maximum Gasteiger partial charge on any atom is 0.0790 e. The number of halogens is 6. The van der Waals surface area contributed by atoms with Crippen molar-refractivity contribution in [3.63, 3.8) is 0 Å². The lowest BCUT2D eigenvalue weighted by Crippen LogP contribution is -1.76. The minimum Gasteiger partial charge on any atom is -0.0827 e. The van der Waals surface area contributed by atoms with Crippen LogP contribution in [0, 0.1) is 0 Å². The average Bonchev–Trinajstić information content (AvgIpc) is 2.50. The third kappa shape index (κ3) is 5.04. The lowest BCUT2D eigenvalue weighted by Gasteiger charge is -2.07. The Balaban J connectivity index is 1.93. The molecule has 0 N–H and O–H groups in total. The zero-order valence-corrected chi connectivity index (χ0v) is 18.0. The highest BCUT2D eigenvalue weighted by atomic mass is 35.5. The summed E-state index contributed by atoms with van der Waals surface area (Å²) in [6, 6.07) is 7.08. The predicted octanol–water partition coefficient (Wildman–Crippen LogP) is 9.70. The second kappa shape index (κ2) is 9.33. The lowest BCUT2D eigenvalue weighted by atomic mass is 10.4. The summed E-state index contributed by atoms with van der Waals surface area (Å²) in [5.41, 5.74) is 0. The molecule has 0 bridgehead atoms. The van der Waals surface area contributed by atoms with Crippen molar-refractivity contribution in [2.24, 2.45) is 0 Å². The smallest absolute Gasteiger partial charge is 0.0790 e. The van der Waals surface area contributed by atoms with Crippen molar-refractivity contribution in [3.05, 3.63) is 54.4 Å². The van der Waals surface area contributed by atoms with Crippen LogP contribution in [-0.4, -0.2) is 0 Å². The van der Waals surface area contributed by atoms with Crippen LogP contribution in [0.1, 0.15) is 0 Å². The summed E-state index contributed by atoms with van der Waals surface area (Å²) in [5, 5.41) is 2.49. The highest BCUT2D eigenvalue weighted by Crippen LogP contribution is 2.53. The molecule has 2 aromatic carbocycles. The molecule has 0 nitrogen and oxygen atoms in total. The zero-order valence-electron chi connectivity index (χ0n) is 10.2. The van der Waals surface area contributed by atoms with E-state index in [1.165, 1.54) is 41.2 Å². The van der Waals surface area contributed by atoms with Gasteiger partial charge in [0.2, 0.25) is 0 Å². The van der Waals surface area contributed by atoms with Gasteiger partial charge in [0.25, 0.3) is 0 Å². The van der Waals surface area contributed by atoms with Gasteiger partial charge < -0.3 is 0 Å². The summed E-state index contributed by atoms with van der Waals surface area (Å²) >= 11 is 36.1. The maximum absolute atomic E-state index is 6.14. The molecule has 0 amide bonds. The molecule has 0 aromatic heterocycles. The van der Waals surface area contributed by atoms with E-state index in [2.05, 4.69) is 0 Å². The van der Waals surface area contributed by atoms with Gasteiger partial charge in [-0.15, -0.1) is 0 Å². The predicted molar refractivity (Wildman–Crippen MR) is 110 cm³/mol. The Bertz CT molecular complexity index is 634. The van der Waals surface area contributed by atoms with Crippen LogP contribution in [0.5, 0.6) is 0 Å². The molecule has 0 aliphatic heterocycles. The van der Waals surface area contributed by atoms with Crippen molar-refractivity contribution in [1.29, 1.82) is 0 Å². The van der Waals surface area contributed by atoms with Gasteiger partial charge in [0, 0.05) is 9.79 Å². The van der Waals surface area contributed by atoms with Gasteiger partial charge >= 0.3 is 0 Å². The maximum atomic E-state index is 6.14. The van der Waals surface area contributed by atoms with Gasteiger partial charge in [-0.1, -0.05) is 69.6 Å². The zero-order chi connectivity index (χ0) is 16.3. The molecule has 0 saturated carbocycles. The molecule has 0 aliphatic carbocycles. The monoisotopic (exact) mass is 486 g/mol. The summed E-state index contributed by atoms with van der Waals surface area (Å²) in [5.74, 6) is 0. The SMILES string of the molecule is Clc1ccc(SSSSc2ccc(Cl)c(Cl)c2Cl)c(Cl)c1Cl. The van der Waals surface area contributed by atoms with E-state index in [1.807, 2.05) is 12.1 Å². The number of hydrogen-bond donors (Lipinski definition) is 0. The molecule has 0 fully saturated rings. The van der Waals surface area contributed by atoms with Crippen molar-refractivity contribution in [3.8, 4) is 0 Å². The molecule has 22 heavy (non-hydrogen) atoms. The molecule has 2 aromatic rings. The van der Waals surface area contributed by atoms with E-state index in [0.717, 1.165) is 9.79 Å². The van der Waals surface area contributed by atoms with E-state index in [4.69, 9.17) is 69.6 Å². The first-order valence-corrected chi connectivity index (χ1v) is 12.4. The molecular weight excluding hydrogens is 485 g/mol. The van der Waals surface area contributed by atoms with Gasteiger partial charge in [0.1, 0.15) is 0 Å². The van der Waals surface area contributed by atoms with Gasteiger partial charge in [-0.3, -0.25) is 0 Å². The first kappa shape index (κ1) is 19.9. The molecule has 0 spiro atoms. The van der Waals surface area contributed by atoms with Crippen LogP contribution in [0.4, 0.5) is 0 Å². The standard InChI is InChI=1S/C12H4Cl6S4/c13-5-1-3-7(11(17)9(5)15)19-21-22-20-8-4-2-6(14)10(16)12(8)18/h1-4H. The van der Waals surface area contributed by atoms with E-state index in [0.29, 0.717) is 30.1 Å². The van der Waals surface area contributed by atoms with Crippen LogP contribution in [0.2, 0.25) is 30.1 Å². The largest absolute Gasteiger partial charge is 0.0827 e. The van der Waals surface area contributed by atoms with Crippen LogP contribution in [-0.2, 0) is 0 Å². The second-order valence-corrected chi connectivity index (χ2v) is 11.7. The van der Waals surface area contributed by atoms with Gasteiger partial charge in [0.05, 0.1) is 30.1 Å². The van der Waals surface area contributed by atoms with E-state index in [1.54, 1.807) is 12.1 Å². The minimum atomic E-state index is 0.360. The molecule has 0 atom stereocenters. The number of rotatable bonds is 5. The fourth-order valence-corrected chi connectivity index (χ4v) is 8.49. The molecule has 2 rings (SSSR count). The Kier molecular flexibility index (Phi) is 8.43. The van der Waals surface area contributed by atoms with Gasteiger partial charge in [0.15, 0.2) is 0 Å². The molecule has 10 heteroatoms. The Morgan fingerprint density at radius 2 is 0.864 bits per heavy atom. The second-order valence-electron chi connectivity index (χ2n) is 3.65. The Morgan fingerprint density at radius 1 is 0.500 bits per heavy atom. The van der Waals surface area contributed by atoms with Gasteiger partial charge in [-0.05, 0) is 65.5 Å². The number of benzene rings is 2. The first-order valence-electron chi connectivity index (χ1n) is 5.36. The Labute approximate surface area is 173 Å². The highest BCUT2D eigenvalue weighted by Gasteiger charge is 2.12. The molecule has 0 unspecified atom stereocenters. The van der Waals surface area contributed by atoms with Crippen LogP contribution in [0.3, 0.4) is 0 Å². The lowest BCUT2D eigenvalue weighted by molar-refractivity contribution is 1.47. The van der Waals surface area contributed by atoms with Crippen molar-refractivity contribution in [1.82, 2.24) is 0 Å². The Hall–Kier alpha value is 1.58. The summed E-state index contributed by atoms with van der Waals surface area (Å²) in [6.45, 7) is 0. The van der Waals surface area contributed by atoms with Crippen LogP contribution >= 0.6 is 111 Å². The molecule has 0 aliphatic rings. The van der Waals surface area contributed by atoms with Crippen LogP contribution < -0.4 is 0 Å². The normalized spacial score (nSPS) is 11.0. The highest BCUT2D eigenvalue weighted by molar-refractivity contribution is 9.26. The average molecular weight is 489 g/mol. The third-order valence-corrected chi connectivity index (χ3v) is 11.2. The molecule has 0 saturated heterocycles. The summed E-state index contributed by atoms with van der Waals surface area (Å²) < 4.78 is 0. The molecule has 0 radical (unpaired) electrons. The fourth-order valence-electron chi connectivity index (χ4n) is 1.25. The van der Waals surface area contributed by atoms with Crippen LogP contribution in [0.15, 0.2) is 34.1 Å². The summed E-state index contributed by atoms with van der Waals surface area (Å²) in [4.78, 5) is 1.68. The molecule has 0 heterocycles. The van der Waals surface area contributed by atoms with Crippen molar-refractivity contribution in [2.75, 3.05) is 0 Å². The number of hydrogen-bond acceptors (Lipinski definition) is 4. The third-order valence-electron chi connectivity index (χ3n) is 2.27. The van der Waals surface area contributed by atoms with Gasteiger partial charge in [-0.25, -0.2) is 0 Å².